The van der Waals surface area contributed by atoms with Gasteiger partial charge in [0.25, 0.3) is 0 Å². The van der Waals surface area contributed by atoms with Crippen LogP contribution in [0.25, 0.3) is 10.9 Å². The highest BCUT2D eigenvalue weighted by atomic mass is 16.5. The molecule has 0 unspecified atom stereocenters. The quantitative estimate of drug-likeness (QED) is 0.508. The van der Waals surface area contributed by atoms with Crippen LogP contribution in [0.5, 0.6) is 5.75 Å². The Kier molecular flexibility index (Phi) is 6.55. The average Bonchev–Trinajstić information content (AvgIpc) is 3.22. The molecule has 0 bridgehead atoms. The number of ether oxygens (including phenoxy) is 1. The number of anilines is 2. The summed E-state index contributed by atoms with van der Waals surface area (Å²) in [6, 6.07) is 12.7. The van der Waals surface area contributed by atoms with Crippen molar-refractivity contribution in [2.24, 2.45) is 5.92 Å². The van der Waals surface area contributed by atoms with Gasteiger partial charge in [-0.3, -0.25) is 14.5 Å². The number of methoxy groups -OCH3 is 1. The Labute approximate surface area is 193 Å². The van der Waals surface area contributed by atoms with Crippen molar-refractivity contribution in [3.8, 4) is 5.75 Å². The van der Waals surface area contributed by atoms with Crippen LogP contribution < -0.4 is 15.0 Å². The third-order valence-electron chi connectivity index (χ3n) is 6.15. The van der Waals surface area contributed by atoms with Crippen LogP contribution in [0, 0.1) is 5.92 Å². The smallest absolute Gasteiger partial charge is 0.325 e. The van der Waals surface area contributed by atoms with E-state index in [1.54, 1.807) is 13.3 Å². The lowest BCUT2D eigenvalue weighted by molar-refractivity contribution is -0.143. The van der Waals surface area contributed by atoms with Crippen molar-refractivity contribution in [2.75, 3.05) is 43.5 Å². The van der Waals surface area contributed by atoms with Gasteiger partial charge in [0.05, 0.1) is 7.11 Å². The van der Waals surface area contributed by atoms with Crippen molar-refractivity contribution >= 4 is 34.2 Å². The molecule has 2 aromatic carbocycles. The predicted molar refractivity (Wildman–Crippen MR) is 129 cm³/mol. The Bertz CT molecular complexity index is 1130. The minimum absolute atomic E-state index is 0.0733. The van der Waals surface area contributed by atoms with Crippen molar-refractivity contribution in [3.05, 3.63) is 54.2 Å². The summed E-state index contributed by atoms with van der Waals surface area (Å²) in [5.74, 6) is -0.284. The van der Waals surface area contributed by atoms with Crippen molar-refractivity contribution in [3.63, 3.8) is 0 Å². The average molecular weight is 451 g/mol. The second-order valence-electron chi connectivity index (χ2n) is 8.61. The van der Waals surface area contributed by atoms with Gasteiger partial charge in [-0.1, -0.05) is 13.8 Å². The van der Waals surface area contributed by atoms with Gasteiger partial charge in [0.1, 0.15) is 11.8 Å². The van der Waals surface area contributed by atoms with Gasteiger partial charge in [0.15, 0.2) is 0 Å². The number of nitrogens with zero attached hydrogens (tertiary/aromatic N) is 2. The van der Waals surface area contributed by atoms with Crippen molar-refractivity contribution in [1.29, 1.82) is 0 Å². The van der Waals surface area contributed by atoms with Gasteiger partial charge in [0, 0.05) is 66.1 Å². The van der Waals surface area contributed by atoms with Gasteiger partial charge in [-0.25, -0.2) is 0 Å². The standard InChI is InChI=1S/C25H30N4O4/c1-16(2)24(30)27-17-4-9-22-20(14-17)21(15-26-22)23(25(31)32)29-12-10-28(11-13-29)18-5-7-19(33-3)8-6-18/h4-9,14-16,23,26H,10-13H2,1-3H3,(H,27,30)(H,31,32)/t23-/m0/s1. The molecule has 174 valence electrons. The van der Waals surface area contributed by atoms with Crippen molar-refractivity contribution < 1.29 is 19.4 Å². The number of aliphatic carboxylic acids is 1. The van der Waals surface area contributed by atoms with E-state index in [0.29, 0.717) is 24.3 Å². The molecule has 1 aliphatic heterocycles. The van der Waals surface area contributed by atoms with E-state index < -0.39 is 12.0 Å². The molecular formula is C25H30N4O4. The molecule has 8 heteroatoms. The molecule has 3 aromatic rings. The Morgan fingerprint density at radius 1 is 1.06 bits per heavy atom. The molecule has 1 aliphatic rings. The van der Waals surface area contributed by atoms with Crippen molar-refractivity contribution in [2.45, 2.75) is 19.9 Å². The zero-order valence-electron chi connectivity index (χ0n) is 19.2. The number of nitrogens with one attached hydrogen (secondary N) is 2. The number of H-pyrrole nitrogens is 1. The highest BCUT2D eigenvalue weighted by molar-refractivity contribution is 5.96. The Hall–Kier alpha value is -3.52. The van der Waals surface area contributed by atoms with Crippen molar-refractivity contribution in [1.82, 2.24) is 9.88 Å². The number of carbonyl (C=O) groups is 2. The molecule has 3 N–H and O–H groups in total. The molecule has 1 fully saturated rings. The summed E-state index contributed by atoms with van der Waals surface area (Å²) >= 11 is 0. The number of aromatic nitrogens is 1. The summed E-state index contributed by atoms with van der Waals surface area (Å²) in [4.78, 5) is 31.9. The van der Waals surface area contributed by atoms with E-state index in [4.69, 9.17) is 4.74 Å². The van der Waals surface area contributed by atoms with Crippen LogP contribution in [-0.2, 0) is 9.59 Å². The molecule has 2 heterocycles. The number of hydrogen-bond donors (Lipinski definition) is 3. The fourth-order valence-electron chi connectivity index (χ4n) is 4.25. The molecule has 4 rings (SSSR count). The van der Waals surface area contributed by atoms with Crippen LogP contribution in [-0.4, -0.2) is 60.2 Å². The van der Waals surface area contributed by atoms with E-state index in [-0.39, 0.29) is 11.8 Å². The summed E-state index contributed by atoms with van der Waals surface area (Å²) in [6.07, 6.45) is 1.77. The lowest BCUT2D eigenvalue weighted by Gasteiger charge is -2.38. The second-order valence-corrected chi connectivity index (χ2v) is 8.61. The number of benzene rings is 2. The number of hydrogen-bond acceptors (Lipinski definition) is 5. The van der Waals surface area contributed by atoms with Crippen LogP contribution in [0.1, 0.15) is 25.5 Å². The SMILES string of the molecule is COc1ccc(N2CCN([C@H](C(=O)O)c3c[nH]c4ccc(NC(=O)C(C)C)cc34)CC2)cc1. The van der Waals surface area contributed by atoms with Gasteiger partial charge >= 0.3 is 5.97 Å². The lowest BCUT2D eigenvalue weighted by atomic mass is 10.0. The largest absolute Gasteiger partial charge is 0.497 e. The summed E-state index contributed by atoms with van der Waals surface area (Å²) < 4.78 is 5.23. The first-order valence-electron chi connectivity index (χ1n) is 11.1. The number of rotatable bonds is 7. The maximum absolute atomic E-state index is 12.4. The molecule has 33 heavy (non-hydrogen) atoms. The normalized spacial score (nSPS) is 15.6. The van der Waals surface area contributed by atoms with Gasteiger partial charge in [-0.05, 0) is 42.5 Å². The van der Waals surface area contributed by atoms with Crippen LogP contribution in [0.2, 0.25) is 0 Å². The molecular weight excluding hydrogens is 420 g/mol. The number of aromatic amines is 1. The first kappa shape index (κ1) is 22.7. The van der Waals surface area contributed by atoms with Gasteiger partial charge in [0.2, 0.25) is 5.91 Å². The molecule has 1 saturated heterocycles. The fourth-order valence-corrected chi connectivity index (χ4v) is 4.25. The number of fused-ring (bicyclic) bond motifs is 1. The highest BCUT2D eigenvalue weighted by Gasteiger charge is 2.32. The molecule has 8 nitrogen and oxygen atoms in total. The van der Waals surface area contributed by atoms with E-state index in [0.717, 1.165) is 35.4 Å². The third kappa shape index (κ3) is 4.80. The van der Waals surface area contributed by atoms with Crippen LogP contribution >= 0.6 is 0 Å². The summed E-state index contributed by atoms with van der Waals surface area (Å²) in [5, 5.41) is 13.8. The van der Waals surface area contributed by atoms with Gasteiger partial charge < -0.3 is 25.0 Å². The predicted octanol–water partition coefficient (Wildman–Crippen LogP) is 3.72. The first-order chi connectivity index (χ1) is 15.9. The molecule has 1 atom stereocenters. The van der Waals surface area contributed by atoms with Crippen LogP contribution in [0.15, 0.2) is 48.7 Å². The minimum Gasteiger partial charge on any atom is -0.497 e. The lowest BCUT2D eigenvalue weighted by Crippen LogP contribution is -2.49. The topological polar surface area (TPSA) is 97.9 Å². The van der Waals surface area contributed by atoms with E-state index in [2.05, 4.69) is 15.2 Å². The summed E-state index contributed by atoms with van der Waals surface area (Å²) in [5.41, 5.74) is 3.31. The number of amides is 1. The summed E-state index contributed by atoms with van der Waals surface area (Å²) in [7, 11) is 1.64. The Morgan fingerprint density at radius 2 is 1.76 bits per heavy atom. The van der Waals surface area contributed by atoms with Gasteiger partial charge in [-0.15, -0.1) is 0 Å². The van der Waals surface area contributed by atoms with E-state index >= 15 is 0 Å². The molecule has 0 spiro atoms. The summed E-state index contributed by atoms with van der Waals surface area (Å²) in [6.45, 7) is 6.38. The number of piperazine rings is 1. The zero-order chi connectivity index (χ0) is 23.5. The van der Waals surface area contributed by atoms with E-state index in [1.807, 2.05) is 61.2 Å². The van der Waals surface area contributed by atoms with Crippen LogP contribution in [0.4, 0.5) is 11.4 Å². The maximum Gasteiger partial charge on any atom is 0.325 e. The second kappa shape index (κ2) is 9.54. The van der Waals surface area contributed by atoms with E-state index in [9.17, 15) is 14.7 Å². The Balaban J connectivity index is 1.54. The monoisotopic (exact) mass is 450 g/mol. The van der Waals surface area contributed by atoms with Gasteiger partial charge in [-0.2, -0.15) is 0 Å². The highest BCUT2D eigenvalue weighted by Crippen LogP contribution is 2.32. The number of carboxylic acids is 1. The zero-order valence-corrected chi connectivity index (χ0v) is 19.2. The number of carboxylic acid groups (broad SMARTS) is 1. The third-order valence-corrected chi connectivity index (χ3v) is 6.15. The first-order valence-corrected chi connectivity index (χ1v) is 11.1. The van der Waals surface area contributed by atoms with E-state index in [1.165, 1.54) is 0 Å². The molecule has 1 amide bonds. The molecule has 0 radical (unpaired) electrons. The molecule has 1 aromatic heterocycles. The fraction of sp³-hybridized carbons (Fsp3) is 0.360. The van der Waals surface area contributed by atoms with Crippen LogP contribution in [0.3, 0.4) is 0 Å². The molecule has 0 saturated carbocycles. The molecule has 0 aliphatic carbocycles. The Morgan fingerprint density at radius 3 is 2.36 bits per heavy atom. The maximum atomic E-state index is 12.4. The number of carbonyl (C=O) groups excluding carboxylic acids is 1. The minimum atomic E-state index is -0.884.